The lowest BCUT2D eigenvalue weighted by atomic mass is 10.4. The van der Waals surface area contributed by atoms with E-state index in [1.54, 1.807) is 13.0 Å². The number of sulfonamides is 1. The summed E-state index contributed by atoms with van der Waals surface area (Å²) in [4.78, 5) is 3.13. The van der Waals surface area contributed by atoms with E-state index in [0.717, 1.165) is 18.7 Å². The maximum Gasteiger partial charge on any atom is 0.242 e. The fourth-order valence-electron chi connectivity index (χ4n) is 1.78. The van der Waals surface area contributed by atoms with Gasteiger partial charge in [0.05, 0.1) is 10.9 Å². The minimum atomic E-state index is -3.63. The molecule has 0 saturated carbocycles. The lowest BCUT2D eigenvalue weighted by molar-refractivity contribution is 0.560. The van der Waals surface area contributed by atoms with Crippen molar-refractivity contribution in [1.29, 1.82) is 0 Å². The molecule has 2 heterocycles. The molecule has 10 heteroatoms. The van der Waals surface area contributed by atoms with Gasteiger partial charge in [0.15, 0.2) is 5.82 Å². The first-order chi connectivity index (χ1) is 10.0. The number of hydrogen-bond acceptors (Lipinski definition) is 6. The Hall–Kier alpha value is -1.78. The highest BCUT2D eigenvalue weighted by molar-refractivity contribution is 7.89. The summed E-state index contributed by atoms with van der Waals surface area (Å²) in [5.74, 6) is 0.291. The van der Waals surface area contributed by atoms with E-state index in [4.69, 9.17) is 0 Å². The summed E-state index contributed by atoms with van der Waals surface area (Å²) in [5, 5.41) is 16.4. The molecule has 0 saturated heterocycles. The van der Waals surface area contributed by atoms with E-state index in [0.29, 0.717) is 12.4 Å². The number of tetrazole rings is 1. The van der Waals surface area contributed by atoms with Gasteiger partial charge in [0.25, 0.3) is 0 Å². The predicted molar refractivity (Wildman–Crippen MR) is 75.7 cm³/mol. The van der Waals surface area contributed by atoms with E-state index in [-0.39, 0.29) is 4.90 Å². The van der Waals surface area contributed by atoms with Crippen molar-refractivity contribution in [2.45, 2.75) is 37.8 Å². The summed E-state index contributed by atoms with van der Waals surface area (Å²) in [5.41, 5.74) is 0.816. The fraction of sp³-hybridized carbons (Fsp3) is 0.545. The van der Waals surface area contributed by atoms with E-state index >= 15 is 0 Å². The van der Waals surface area contributed by atoms with E-state index in [1.165, 1.54) is 6.20 Å². The van der Waals surface area contributed by atoms with Crippen LogP contribution in [-0.2, 0) is 16.6 Å². The third-order valence-electron chi connectivity index (χ3n) is 2.85. The van der Waals surface area contributed by atoms with Crippen LogP contribution in [0.5, 0.6) is 0 Å². The van der Waals surface area contributed by atoms with Crippen molar-refractivity contribution in [3.8, 4) is 0 Å². The number of nitrogens with one attached hydrogen (secondary N) is 4. The van der Waals surface area contributed by atoms with Gasteiger partial charge in [-0.25, -0.2) is 13.1 Å². The van der Waals surface area contributed by atoms with Gasteiger partial charge in [-0.2, -0.15) is 5.21 Å². The first kappa shape index (κ1) is 15.6. The molecule has 0 spiro atoms. The van der Waals surface area contributed by atoms with Gasteiger partial charge in [-0.15, -0.1) is 10.2 Å². The Kier molecular flexibility index (Phi) is 5.04. The molecule has 0 aromatic carbocycles. The van der Waals surface area contributed by atoms with Crippen LogP contribution in [0.25, 0.3) is 0 Å². The second-order valence-electron chi connectivity index (χ2n) is 4.65. The van der Waals surface area contributed by atoms with Crippen LogP contribution in [0, 0.1) is 0 Å². The van der Waals surface area contributed by atoms with Gasteiger partial charge in [-0.1, -0.05) is 12.1 Å². The molecule has 21 heavy (non-hydrogen) atoms. The van der Waals surface area contributed by atoms with Crippen molar-refractivity contribution in [2.24, 2.45) is 0 Å². The molecule has 0 fully saturated rings. The van der Waals surface area contributed by atoms with Gasteiger partial charge in [0.1, 0.15) is 0 Å². The summed E-state index contributed by atoms with van der Waals surface area (Å²) in [6.45, 7) is 5.21. The molecule has 1 atom stereocenters. The molecule has 2 rings (SSSR count). The van der Waals surface area contributed by atoms with Crippen molar-refractivity contribution >= 4 is 10.0 Å². The first-order valence-electron chi connectivity index (χ1n) is 6.66. The normalized spacial score (nSPS) is 13.4. The van der Waals surface area contributed by atoms with Crippen LogP contribution < -0.4 is 10.0 Å². The molecular formula is C11H19N7O2S. The first-order valence-corrected chi connectivity index (χ1v) is 8.15. The molecule has 0 aliphatic heterocycles. The molecule has 0 aliphatic rings. The van der Waals surface area contributed by atoms with Gasteiger partial charge >= 0.3 is 0 Å². The van der Waals surface area contributed by atoms with Gasteiger partial charge in [-0.3, -0.25) is 0 Å². The number of nitrogens with zero attached hydrogens (tertiary/aromatic N) is 3. The maximum atomic E-state index is 12.2. The average molecular weight is 313 g/mol. The SMILES string of the molecule is CCCNCc1cc(S(=O)(=O)NC(C)c2nn[nH]n2)c[nH]1. The standard InChI is InChI=1S/C11H19N7O2S/c1-3-4-12-6-9-5-10(7-13-9)21(19,20)16-8(2)11-14-17-18-15-11/h5,7-8,12-13,16H,3-4,6H2,1-2H3,(H,14,15,17,18). The zero-order valence-electron chi connectivity index (χ0n) is 11.9. The summed E-state index contributed by atoms with van der Waals surface area (Å²) in [6.07, 6.45) is 2.49. The molecule has 116 valence electrons. The number of hydrogen-bond donors (Lipinski definition) is 4. The Morgan fingerprint density at radius 2 is 2.24 bits per heavy atom. The van der Waals surface area contributed by atoms with E-state index in [1.807, 2.05) is 0 Å². The lowest BCUT2D eigenvalue weighted by Crippen LogP contribution is -2.27. The Morgan fingerprint density at radius 1 is 1.43 bits per heavy atom. The van der Waals surface area contributed by atoms with Crippen LogP contribution >= 0.6 is 0 Å². The third kappa shape index (κ3) is 4.09. The van der Waals surface area contributed by atoms with Crippen molar-refractivity contribution in [3.63, 3.8) is 0 Å². The molecule has 9 nitrogen and oxygen atoms in total. The summed E-state index contributed by atoms with van der Waals surface area (Å²) in [7, 11) is -3.63. The van der Waals surface area contributed by atoms with Crippen LogP contribution in [0.4, 0.5) is 0 Å². The molecule has 2 aromatic heterocycles. The second kappa shape index (κ2) is 6.78. The highest BCUT2D eigenvalue weighted by Crippen LogP contribution is 2.14. The van der Waals surface area contributed by atoms with Crippen molar-refractivity contribution < 1.29 is 8.42 Å². The van der Waals surface area contributed by atoms with Crippen molar-refractivity contribution in [3.05, 3.63) is 23.8 Å². The van der Waals surface area contributed by atoms with E-state index < -0.39 is 16.1 Å². The van der Waals surface area contributed by atoms with Crippen molar-refractivity contribution in [2.75, 3.05) is 6.54 Å². The molecule has 0 amide bonds. The van der Waals surface area contributed by atoms with Crippen LogP contribution in [0.15, 0.2) is 17.2 Å². The monoisotopic (exact) mass is 313 g/mol. The van der Waals surface area contributed by atoms with E-state index in [9.17, 15) is 8.42 Å². The number of rotatable bonds is 8. The summed E-state index contributed by atoms with van der Waals surface area (Å²) < 4.78 is 27.0. The molecule has 2 aromatic rings. The van der Waals surface area contributed by atoms with E-state index in [2.05, 4.69) is 42.6 Å². The predicted octanol–water partition coefficient (Wildman–Crippen LogP) is 0.0669. The number of H-pyrrole nitrogens is 2. The number of aromatic nitrogens is 5. The molecule has 0 radical (unpaired) electrons. The largest absolute Gasteiger partial charge is 0.363 e. The minimum absolute atomic E-state index is 0.186. The highest BCUT2D eigenvalue weighted by Gasteiger charge is 2.21. The van der Waals surface area contributed by atoms with Crippen molar-refractivity contribution in [1.82, 2.24) is 35.6 Å². The molecule has 0 aliphatic carbocycles. The smallest absolute Gasteiger partial charge is 0.242 e. The average Bonchev–Trinajstić information content (AvgIpc) is 3.10. The molecule has 1 unspecified atom stereocenters. The Bertz CT molecular complexity index is 650. The maximum absolute atomic E-state index is 12.2. The molecule has 4 N–H and O–H groups in total. The number of aromatic amines is 2. The quantitative estimate of drug-likeness (QED) is 0.510. The minimum Gasteiger partial charge on any atom is -0.363 e. The van der Waals surface area contributed by atoms with Crippen LogP contribution in [0.2, 0.25) is 0 Å². The zero-order valence-corrected chi connectivity index (χ0v) is 12.7. The van der Waals surface area contributed by atoms with Gasteiger partial charge in [-0.05, 0) is 26.0 Å². The highest BCUT2D eigenvalue weighted by atomic mass is 32.2. The Morgan fingerprint density at radius 3 is 2.90 bits per heavy atom. The van der Waals surface area contributed by atoms with Gasteiger partial charge in [0, 0.05) is 18.4 Å². The second-order valence-corrected chi connectivity index (χ2v) is 6.36. The Labute approximate surface area is 123 Å². The van der Waals surface area contributed by atoms with Gasteiger partial charge < -0.3 is 10.3 Å². The molecule has 0 bridgehead atoms. The topological polar surface area (TPSA) is 128 Å². The summed E-state index contributed by atoms with van der Waals surface area (Å²) in [6, 6.07) is 1.04. The van der Waals surface area contributed by atoms with Crippen LogP contribution in [-0.4, -0.2) is 40.6 Å². The molecular weight excluding hydrogens is 294 g/mol. The fourth-order valence-corrected chi connectivity index (χ4v) is 3.00. The van der Waals surface area contributed by atoms with Crippen LogP contribution in [0.3, 0.4) is 0 Å². The lowest BCUT2D eigenvalue weighted by Gasteiger charge is -2.09. The third-order valence-corrected chi connectivity index (χ3v) is 4.37. The zero-order chi connectivity index (χ0) is 15.3. The Balaban J connectivity index is 2.02. The van der Waals surface area contributed by atoms with Gasteiger partial charge in [0.2, 0.25) is 10.0 Å². The van der Waals surface area contributed by atoms with Crippen LogP contribution in [0.1, 0.15) is 37.8 Å². The summed E-state index contributed by atoms with van der Waals surface area (Å²) >= 11 is 0.